The SMILES string of the molecule is NC(C(=O)Nc1ncccc1Cl)c1cccs1. The predicted molar refractivity (Wildman–Crippen MR) is 69.1 cm³/mol. The number of hydrogen-bond donors (Lipinski definition) is 2. The third-order valence-electron chi connectivity index (χ3n) is 2.13. The minimum atomic E-state index is -0.701. The fourth-order valence-electron chi connectivity index (χ4n) is 1.27. The molecule has 17 heavy (non-hydrogen) atoms. The van der Waals surface area contributed by atoms with Crippen LogP contribution in [0.4, 0.5) is 5.82 Å². The van der Waals surface area contributed by atoms with E-state index in [0.717, 1.165) is 4.88 Å². The van der Waals surface area contributed by atoms with Gasteiger partial charge in [-0.05, 0) is 23.6 Å². The number of nitrogens with zero attached hydrogens (tertiary/aromatic N) is 1. The van der Waals surface area contributed by atoms with Gasteiger partial charge in [0, 0.05) is 11.1 Å². The number of amides is 1. The van der Waals surface area contributed by atoms with Crippen LogP contribution in [0.15, 0.2) is 35.8 Å². The molecule has 1 amide bonds. The molecule has 0 saturated carbocycles. The van der Waals surface area contributed by atoms with Gasteiger partial charge in [0.05, 0.1) is 5.02 Å². The molecular formula is C11H10ClN3OS. The second kappa shape index (κ2) is 5.27. The Morgan fingerprint density at radius 1 is 1.47 bits per heavy atom. The molecule has 2 aromatic rings. The number of hydrogen-bond acceptors (Lipinski definition) is 4. The molecule has 6 heteroatoms. The van der Waals surface area contributed by atoms with E-state index in [1.54, 1.807) is 18.3 Å². The molecule has 0 fully saturated rings. The molecule has 2 aromatic heterocycles. The highest BCUT2D eigenvalue weighted by Crippen LogP contribution is 2.21. The summed E-state index contributed by atoms with van der Waals surface area (Å²) in [6.07, 6.45) is 1.55. The van der Waals surface area contributed by atoms with E-state index < -0.39 is 6.04 Å². The number of nitrogens with two attached hydrogens (primary N) is 1. The van der Waals surface area contributed by atoms with E-state index in [2.05, 4.69) is 10.3 Å². The van der Waals surface area contributed by atoms with Crippen molar-refractivity contribution in [3.8, 4) is 0 Å². The van der Waals surface area contributed by atoms with Crippen LogP contribution < -0.4 is 11.1 Å². The van der Waals surface area contributed by atoms with Crippen molar-refractivity contribution >= 4 is 34.7 Å². The lowest BCUT2D eigenvalue weighted by atomic mass is 10.2. The Balaban J connectivity index is 2.10. The third-order valence-corrected chi connectivity index (χ3v) is 3.39. The Hall–Kier alpha value is -1.43. The quantitative estimate of drug-likeness (QED) is 0.897. The zero-order valence-corrected chi connectivity index (χ0v) is 10.3. The van der Waals surface area contributed by atoms with Crippen LogP contribution in [0, 0.1) is 0 Å². The molecule has 0 spiro atoms. The monoisotopic (exact) mass is 267 g/mol. The van der Waals surface area contributed by atoms with Gasteiger partial charge in [-0.15, -0.1) is 11.3 Å². The maximum Gasteiger partial charge on any atom is 0.247 e. The highest BCUT2D eigenvalue weighted by Gasteiger charge is 2.17. The fourth-order valence-corrected chi connectivity index (χ4v) is 2.16. The molecule has 0 aromatic carbocycles. The largest absolute Gasteiger partial charge is 0.316 e. The number of halogens is 1. The predicted octanol–water partition coefficient (Wildman–Crippen LogP) is 2.43. The molecule has 0 aliphatic heterocycles. The Labute approximate surface area is 107 Å². The average molecular weight is 268 g/mol. The summed E-state index contributed by atoms with van der Waals surface area (Å²) in [5.74, 6) is -0.000720. The van der Waals surface area contributed by atoms with Crippen molar-refractivity contribution in [2.45, 2.75) is 6.04 Å². The summed E-state index contributed by atoms with van der Waals surface area (Å²) >= 11 is 7.32. The van der Waals surface area contributed by atoms with Crippen LogP contribution in [-0.2, 0) is 4.79 Å². The third kappa shape index (κ3) is 2.82. The van der Waals surface area contributed by atoms with Gasteiger partial charge >= 0.3 is 0 Å². The van der Waals surface area contributed by atoms with E-state index in [9.17, 15) is 4.79 Å². The first kappa shape index (κ1) is 12.0. The van der Waals surface area contributed by atoms with Crippen LogP contribution in [0.3, 0.4) is 0 Å². The number of carbonyl (C=O) groups excluding carboxylic acids is 1. The van der Waals surface area contributed by atoms with Crippen molar-refractivity contribution in [3.63, 3.8) is 0 Å². The molecule has 2 rings (SSSR count). The first-order valence-electron chi connectivity index (χ1n) is 4.89. The summed E-state index contributed by atoms with van der Waals surface area (Å²) in [7, 11) is 0. The summed E-state index contributed by atoms with van der Waals surface area (Å²) in [5.41, 5.74) is 5.81. The molecule has 3 N–H and O–H groups in total. The van der Waals surface area contributed by atoms with E-state index in [-0.39, 0.29) is 5.91 Å². The topological polar surface area (TPSA) is 68.0 Å². The first-order valence-corrected chi connectivity index (χ1v) is 6.14. The number of carbonyl (C=O) groups is 1. The van der Waals surface area contributed by atoms with Gasteiger partial charge in [-0.25, -0.2) is 4.98 Å². The lowest BCUT2D eigenvalue weighted by molar-refractivity contribution is -0.117. The maximum absolute atomic E-state index is 11.8. The highest BCUT2D eigenvalue weighted by atomic mass is 35.5. The van der Waals surface area contributed by atoms with E-state index in [0.29, 0.717) is 10.8 Å². The highest BCUT2D eigenvalue weighted by molar-refractivity contribution is 7.10. The Morgan fingerprint density at radius 3 is 2.94 bits per heavy atom. The molecule has 0 radical (unpaired) electrons. The Kier molecular flexibility index (Phi) is 3.73. The Bertz CT molecular complexity index is 515. The van der Waals surface area contributed by atoms with Crippen LogP contribution in [0.5, 0.6) is 0 Å². The van der Waals surface area contributed by atoms with Gasteiger partial charge in [-0.2, -0.15) is 0 Å². The van der Waals surface area contributed by atoms with Crippen LogP contribution in [-0.4, -0.2) is 10.9 Å². The van der Waals surface area contributed by atoms with Gasteiger partial charge in [0.2, 0.25) is 5.91 Å². The van der Waals surface area contributed by atoms with E-state index >= 15 is 0 Å². The van der Waals surface area contributed by atoms with Gasteiger partial charge in [0.15, 0.2) is 5.82 Å². The minimum absolute atomic E-state index is 0.325. The standard InChI is InChI=1S/C11H10ClN3OS/c12-7-3-1-5-14-10(7)15-11(16)9(13)8-4-2-6-17-8/h1-6,9H,13H2,(H,14,15,16). The van der Waals surface area contributed by atoms with Gasteiger partial charge < -0.3 is 11.1 Å². The van der Waals surface area contributed by atoms with Crippen molar-refractivity contribution in [3.05, 3.63) is 45.7 Å². The number of rotatable bonds is 3. The zero-order valence-electron chi connectivity index (χ0n) is 8.76. The fraction of sp³-hybridized carbons (Fsp3) is 0.0909. The number of thiophene rings is 1. The van der Waals surface area contributed by atoms with Gasteiger partial charge in [-0.3, -0.25) is 4.79 Å². The number of pyridine rings is 1. The molecular weight excluding hydrogens is 258 g/mol. The smallest absolute Gasteiger partial charge is 0.247 e. The number of aromatic nitrogens is 1. The molecule has 1 atom stereocenters. The molecule has 0 aliphatic carbocycles. The van der Waals surface area contributed by atoms with Crippen molar-refractivity contribution in [2.24, 2.45) is 5.73 Å². The van der Waals surface area contributed by atoms with Crippen LogP contribution in [0.25, 0.3) is 0 Å². The van der Waals surface area contributed by atoms with Gasteiger partial charge in [-0.1, -0.05) is 17.7 Å². The summed E-state index contributed by atoms with van der Waals surface area (Å²) in [6.45, 7) is 0. The maximum atomic E-state index is 11.8. The normalized spacial score (nSPS) is 12.1. The minimum Gasteiger partial charge on any atom is -0.316 e. The van der Waals surface area contributed by atoms with E-state index in [1.807, 2.05) is 17.5 Å². The van der Waals surface area contributed by atoms with Crippen molar-refractivity contribution in [1.29, 1.82) is 0 Å². The van der Waals surface area contributed by atoms with Gasteiger partial charge in [0.25, 0.3) is 0 Å². The molecule has 4 nitrogen and oxygen atoms in total. The van der Waals surface area contributed by atoms with Crippen molar-refractivity contribution < 1.29 is 4.79 Å². The van der Waals surface area contributed by atoms with Crippen LogP contribution >= 0.6 is 22.9 Å². The lowest BCUT2D eigenvalue weighted by Gasteiger charge is -2.10. The van der Waals surface area contributed by atoms with Crippen molar-refractivity contribution in [2.75, 3.05) is 5.32 Å². The molecule has 1 unspecified atom stereocenters. The van der Waals surface area contributed by atoms with E-state index in [1.165, 1.54) is 11.3 Å². The molecule has 88 valence electrons. The summed E-state index contributed by atoms with van der Waals surface area (Å²) < 4.78 is 0. The molecule has 0 bridgehead atoms. The van der Waals surface area contributed by atoms with Gasteiger partial charge in [0.1, 0.15) is 6.04 Å². The Morgan fingerprint density at radius 2 is 2.29 bits per heavy atom. The number of nitrogens with one attached hydrogen (secondary N) is 1. The second-order valence-electron chi connectivity index (χ2n) is 3.32. The lowest BCUT2D eigenvalue weighted by Crippen LogP contribution is -2.27. The molecule has 2 heterocycles. The molecule has 0 saturated heterocycles. The molecule has 0 aliphatic rings. The van der Waals surface area contributed by atoms with Crippen LogP contribution in [0.2, 0.25) is 5.02 Å². The van der Waals surface area contributed by atoms with E-state index in [4.69, 9.17) is 17.3 Å². The summed E-state index contributed by atoms with van der Waals surface area (Å²) in [5, 5.41) is 4.86. The average Bonchev–Trinajstić information content (AvgIpc) is 2.84. The van der Waals surface area contributed by atoms with Crippen LogP contribution in [0.1, 0.15) is 10.9 Å². The first-order chi connectivity index (χ1) is 8.18. The second-order valence-corrected chi connectivity index (χ2v) is 4.70. The summed E-state index contributed by atoms with van der Waals surface area (Å²) in [4.78, 5) is 16.6. The number of anilines is 1. The summed E-state index contributed by atoms with van der Waals surface area (Å²) in [6, 6.07) is 6.31. The van der Waals surface area contributed by atoms with Crippen molar-refractivity contribution in [1.82, 2.24) is 4.98 Å². The zero-order chi connectivity index (χ0) is 12.3.